The number of hydrogen-bond acceptors (Lipinski definition) is 3. The number of Topliss-reactive ketones (excluding diaryl/α,β-unsaturated/α-hetero) is 1. The summed E-state index contributed by atoms with van der Waals surface area (Å²) in [5.74, 6) is -3.36. The van der Waals surface area contributed by atoms with Gasteiger partial charge in [-0.05, 0) is 0 Å². The van der Waals surface area contributed by atoms with Gasteiger partial charge < -0.3 is 10.2 Å². The summed E-state index contributed by atoms with van der Waals surface area (Å²) in [6, 6.07) is 0. The van der Waals surface area contributed by atoms with E-state index in [0.717, 1.165) is 0 Å². The maximum Gasteiger partial charge on any atom is 0.394 e. The number of carbonyl (C=O) groups is 1. The van der Waals surface area contributed by atoms with Gasteiger partial charge in [0.15, 0.2) is 5.78 Å². The first-order valence-corrected chi connectivity index (χ1v) is 3.19. The lowest BCUT2D eigenvalue weighted by Gasteiger charge is -2.19. The van der Waals surface area contributed by atoms with Crippen LogP contribution >= 0.6 is 0 Å². The van der Waals surface area contributed by atoms with E-state index in [9.17, 15) is 18.0 Å². The lowest BCUT2D eigenvalue weighted by atomic mass is 10.0. The Balaban J connectivity index is 4.29. The fraction of sp³-hybridized carbons (Fsp3) is 0.833. The number of aliphatic hydroxyl groups is 2. The molecule has 6 heteroatoms. The smallest absolute Gasteiger partial charge is 0.388 e. The van der Waals surface area contributed by atoms with E-state index in [4.69, 9.17) is 10.2 Å². The Morgan fingerprint density at radius 1 is 1.50 bits per heavy atom. The van der Waals surface area contributed by atoms with E-state index in [2.05, 4.69) is 0 Å². The van der Waals surface area contributed by atoms with Gasteiger partial charge in [-0.15, -0.1) is 0 Å². The molecule has 0 heterocycles. The minimum atomic E-state index is -4.62. The summed E-state index contributed by atoms with van der Waals surface area (Å²) < 4.78 is 35.4. The van der Waals surface area contributed by atoms with Crippen molar-refractivity contribution in [2.45, 2.75) is 19.2 Å². The van der Waals surface area contributed by atoms with Crippen molar-refractivity contribution < 1.29 is 28.2 Å². The Morgan fingerprint density at radius 2 is 1.92 bits per heavy atom. The molecule has 72 valence electrons. The Hall–Kier alpha value is -0.620. The van der Waals surface area contributed by atoms with Gasteiger partial charge in [-0.1, -0.05) is 6.92 Å². The Kier molecular flexibility index (Phi) is 3.66. The highest BCUT2D eigenvalue weighted by Gasteiger charge is 2.42. The van der Waals surface area contributed by atoms with Gasteiger partial charge in [0.1, 0.15) is 12.7 Å². The first kappa shape index (κ1) is 11.4. The molecule has 12 heavy (non-hydrogen) atoms. The van der Waals surface area contributed by atoms with Gasteiger partial charge in [-0.3, -0.25) is 4.79 Å². The quantitative estimate of drug-likeness (QED) is 0.657. The van der Waals surface area contributed by atoms with Crippen molar-refractivity contribution in [3.05, 3.63) is 0 Å². The molecule has 0 spiro atoms. The zero-order valence-electron chi connectivity index (χ0n) is 6.30. The molecule has 2 N–H and O–H groups in total. The van der Waals surface area contributed by atoms with Crippen molar-refractivity contribution in [3.8, 4) is 0 Å². The van der Waals surface area contributed by atoms with Gasteiger partial charge in [0, 0.05) is 0 Å². The first-order valence-electron chi connectivity index (χ1n) is 3.19. The van der Waals surface area contributed by atoms with Crippen LogP contribution in [-0.4, -0.2) is 34.9 Å². The number of alkyl halides is 3. The average Bonchev–Trinajstić information content (AvgIpc) is 1.98. The van der Waals surface area contributed by atoms with Crippen LogP contribution in [0.3, 0.4) is 0 Å². The van der Waals surface area contributed by atoms with Crippen LogP contribution in [-0.2, 0) is 4.79 Å². The predicted octanol–water partition coefficient (Wildman–Crippen LogP) is 0.107. The summed E-state index contributed by atoms with van der Waals surface area (Å²) in [5.41, 5.74) is 0. The number of ketones is 1. The van der Waals surface area contributed by atoms with E-state index in [1.165, 1.54) is 0 Å². The third kappa shape index (κ3) is 2.78. The Bertz CT molecular complexity index is 166. The van der Waals surface area contributed by atoms with Crippen molar-refractivity contribution in [3.63, 3.8) is 0 Å². The van der Waals surface area contributed by atoms with E-state index in [0.29, 0.717) is 6.92 Å². The number of carbonyl (C=O) groups excluding carboxylic acids is 1. The average molecular weight is 186 g/mol. The predicted molar refractivity (Wildman–Crippen MR) is 33.3 cm³/mol. The van der Waals surface area contributed by atoms with Crippen molar-refractivity contribution in [2.75, 3.05) is 6.61 Å². The van der Waals surface area contributed by atoms with Crippen LogP contribution in [0.25, 0.3) is 0 Å². The molecule has 0 saturated carbocycles. The van der Waals surface area contributed by atoms with Gasteiger partial charge in [-0.2, -0.15) is 13.2 Å². The van der Waals surface area contributed by atoms with Gasteiger partial charge in [0.25, 0.3) is 0 Å². The van der Waals surface area contributed by atoms with Crippen molar-refractivity contribution in [1.29, 1.82) is 0 Å². The molecule has 2 atom stereocenters. The molecule has 0 aromatic heterocycles. The molecule has 0 aliphatic rings. The van der Waals surface area contributed by atoms with Gasteiger partial charge in [0.2, 0.25) is 0 Å². The number of rotatable bonds is 3. The van der Waals surface area contributed by atoms with E-state index in [1.54, 1.807) is 0 Å². The normalized spacial score (nSPS) is 17.2. The molecule has 0 amide bonds. The molecule has 0 fully saturated rings. The van der Waals surface area contributed by atoms with E-state index in [-0.39, 0.29) is 0 Å². The van der Waals surface area contributed by atoms with Crippen LogP contribution in [0.15, 0.2) is 0 Å². The highest BCUT2D eigenvalue weighted by atomic mass is 19.4. The topological polar surface area (TPSA) is 57.5 Å². The monoisotopic (exact) mass is 186 g/mol. The van der Waals surface area contributed by atoms with Crippen LogP contribution in [0.5, 0.6) is 0 Å². The van der Waals surface area contributed by atoms with Gasteiger partial charge >= 0.3 is 6.18 Å². The van der Waals surface area contributed by atoms with E-state index >= 15 is 0 Å². The molecule has 0 aliphatic carbocycles. The summed E-state index contributed by atoms with van der Waals surface area (Å²) in [6.07, 6.45) is -6.79. The Labute approximate surface area is 66.8 Å². The molecule has 3 nitrogen and oxygen atoms in total. The van der Waals surface area contributed by atoms with Crippen LogP contribution in [0.1, 0.15) is 6.92 Å². The van der Waals surface area contributed by atoms with Gasteiger partial charge in [-0.25, -0.2) is 0 Å². The SMILES string of the molecule is CC(C(O)C(=O)CO)C(F)(F)F. The highest BCUT2D eigenvalue weighted by molar-refractivity contribution is 5.84. The van der Waals surface area contributed by atoms with Crippen molar-refractivity contribution >= 4 is 5.78 Å². The minimum Gasteiger partial charge on any atom is -0.388 e. The molecular formula is C6H9F3O3. The molecule has 0 rings (SSSR count). The lowest BCUT2D eigenvalue weighted by Crippen LogP contribution is -2.38. The molecule has 0 radical (unpaired) electrons. The zero-order chi connectivity index (χ0) is 9.94. The number of hydrogen-bond donors (Lipinski definition) is 2. The zero-order valence-corrected chi connectivity index (χ0v) is 6.30. The van der Waals surface area contributed by atoms with Crippen molar-refractivity contribution in [2.24, 2.45) is 5.92 Å². The maximum atomic E-state index is 11.8. The molecular weight excluding hydrogens is 177 g/mol. The second-order valence-corrected chi connectivity index (χ2v) is 2.40. The summed E-state index contributed by atoms with van der Waals surface area (Å²) in [5, 5.41) is 16.8. The van der Waals surface area contributed by atoms with E-state index in [1.807, 2.05) is 0 Å². The fourth-order valence-electron chi connectivity index (χ4n) is 0.551. The molecule has 0 aromatic rings. The standard InChI is InChI=1S/C6H9F3O3/c1-3(6(7,8)9)5(12)4(11)2-10/h3,5,10,12H,2H2,1H3. The molecule has 0 aliphatic heterocycles. The summed E-state index contributed by atoms with van der Waals surface area (Å²) in [6.45, 7) is -0.403. The van der Waals surface area contributed by atoms with E-state index < -0.39 is 30.6 Å². The number of halogens is 3. The maximum absolute atomic E-state index is 11.8. The molecule has 0 aromatic carbocycles. The fourth-order valence-corrected chi connectivity index (χ4v) is 0.551. The van der Waals surface area contributed by atoms with Gasteiger partial charge in [0.05, 0.1) is 5.92 Å². The lowest BCUT2D eigenvalue weighted by molar-refractivity contribution is -0.196. The second kappa shape index (κ2) is 3.86. The van der Waals surface area contributed by atoms with Crippen LogP contribution in [0.4, 0.5) is 13.2 Å². The highest BCUT2D eigenvalue weighted by Crippen LogP contribution is 2.28. The largest absolute Gasteiger partial charge is 0.394 e. The molecule has 0 saturated heterocycles. The summed E-state index contributed by atoms with van der Waals surface area (Å²) in [4.78, 5) is 10.4. The van der Waals surface area contributed by atoms with Crippen molar-refractivity contribution in [1.82, 2.24) is 0 Å². The number of aliphatic hydroxyl groups excluding tert-OH is 2. The first-order chi connectivity index (χ1) is 5.30. The van der Waals surface area contributed by atoms with Crippen LogP contribution < -0.4 is 0 Å². The third-order valence-electron chi connectivity index (χ3n) is 1.48. The molecule has 0 bridgehead atoms. The van der Waals surface area contributed by atoms with Crippen LogP contribution in [0, 0.1) is 5.92 Å². The minimum absolute atomic E-state index is 0.679. The second-order valence-electron chi connectivity index (χ2n) is 2.40. The molecule has 2 unspecified atom stereocenters. The summed E-state index contributed by atoms with van der Waals surface area (Å²) >= 11 is 0. The van der Waals surface area contributed by atoms with Crippen LogP contribution in [0.2, 0.25) is 0 Å². The third-order valence-corrected chi connectivity index (χ3v) is 1.48. The Morgan fingerprint density at radius 3 is 2.17 bits per heavy atom. The summed E-state index contributed by atoms with van der Waals surface area (Å²) in [7, 11) is 0.